The highest BCUT2D eigenvalue weighted by Crippen LogP contribution is 2.32. The zero-order valence-corrected chi connectivity index (χ0v) is 18.5. The standard InChI is InChI=1S/C22H18F3N3O4S/c1-14-4-8-18(9-5-14)33(30,31)28-19-11-17(32-22(23,24)25)7-6-15(19)10-20(28)21(29)16(12-26)13-27(2)3/h4-11,13H,1-3H3/b16-13+. The predicted molar refractivity (Wildman–Crippen MR) is 114 cm³/mol. The molecular formula is C22H18F3N3O4S. The Morgan fingerprint density at radius 3 is 2.30 bits per heavy atom. The molecule has 0 spiro atoms. The normalized spacial score (nSPS) is 12.5. The van der Waals surface area contributed by atoms with Crippen LogP contribution in [0, 0.1) is 18.3 Å². The molecule has 3 rings (SSSR count). The number of carbonyl (C=O) groups excluding carboxylic acids is 1. The summed E-state index contributed by atoms with van der Waals surface area (Å²) in [7, 11) is -1.29. The number of ether oxygens (including phenoxy) is 1. The van der Waals surface area contributed by atoms with Crippen molar-refractivity contribution in [3.05, 3.63) is 71.6 Å². The van der Waals surface area contributed by atoms with Crippen LogP contribution in [0.2, 0.25) is 0 Å². The van der Waals surface area contributed by atoms with E-state index >= 15 is 0 Å². The number of aryl methyl sites for hydroxylation is 1. The van der Waals surface area contributed by atoms with Crippen molar-refractivity contribution in [3.8, 4) is 11.8 Å². The van der Waals surface area contributed by atoms with E-state index in [4.69, 9.17) is 0 Å². The molecule has 33 heavy (non-hydrogen) atoms. The fraction of sp³-hybridized carbons (Fsp3) is 0.182. The summed E-state index contributed by atoms with van der Waals surface area (Å²) in [5, 5.41) is 9.60. The van der Waals surface area contributed by atoms with E-state index in [-0.39, 0.29) is 21.4 Å². The van der Waals surface area contributed by atoms with Crippen LogP contribution in [0.1, 0.15) is 16.1 Å². The van der Waals surface area contributed by atoms with Crippen LogP contribution in [0.25, 0.3) is 10.9 Å². The number of hydrogen-bond acceptors (Lipinski definition) is 6. The minimum Gasteiger partial charge on any atom is -0.406 e. The Balaban J connectivity index is 2.34. The number of benzene rings is 2. The van der Waals surface area contributed by atoms with Crippen LogP contribution in [-0.2, 0) is 10.0 Å². The molecule has 7 nitrogen and oxygen atoms in total. The fourth-order valence-electron chi connectivity index (χ4n) is 3.12. The molecule has 0 saturated heterocycles. The molecule has 0 aliphatic carbocycles. The number of hydrogen-bond donors (Lipinski definition) is 0. The predicted octanol–water partition coefficient (Wildman–Crippen LogP) is 4.24. The van der Waals surface area contributed by atoms with E-state index in [2.05, 4.69) is 4.74 Å². The molecule has 1 heterocycles. The number of alkyl halides is 3. The quantitative estimate of drug-likeness (QED) is 0.300. The highest BCUT2D eigenvalue weighted by atomic mass is 32.2. The summed E-state index contributed by atoms with van der Waals surface area (Å²) in [5.74, 6) is -1.56. The zero-order valence-electron chi connectivity index (χ0n) is 17.7. The topological polar surface area (TPSA) is 92.4 Å². The summed E-state index contributed by atoms with van der Waals surface area (Å²) >= 11 is 0. The lowest BCUT2D eigenvalue weighted by atomic mass is 10.1. The number of aromatic nitrogens is 1. The molecule has 0 fully saturated rings. The van der Waals surface area contributed by atoms with Crippen LogP contribution in [-0.4, -0.2) is 43.5 Å². The number of halogens is 3. The third kappa shape index (κ3) is 5.01. The Labute approximate surface area is 188 Å². The van der Waals surface area contributed by atoms with Crippen molar-refractivity contribution in [2.45, 2.75) is 18.2 Å². The highest BCUT2D eigenvalue weighted by Gasteiger charge is 2.32. The second-order valence-corrected chi connectivity index (χ2v) is 9.11. The number of nitriles is 1. The van der Waals surface area contributed by atoms with E-state index in [9.17, 15) is 31.6 Å². The van der Waals surface area contributed by atoms with Gasteiger partial charge in [0.25, 0.3) is 10.0 Å². The van der Waals surface area contributed by atoms with E-state index in [1.54, 1.807) is 39.2 Å². The average molecular weight is 477 g/mol. The Hall–Kier alpha value is -3.78. The lowest BCUT2D eigenvalue weighted by Crippen LogP contribution is -2.20. The van der Waals surface area contributed by atoms with Gasteiger partial charge in [-0.25, -0.2) is 12.4 Å². The fourth-order valence-corrected chi connectivity index (χ4v) is 4.62. The van der Waals surface area contributed by atoms with Crippen LogP contribution in [0.15, 0.2) is 65.2 Å². The molecule has 3 aromatic rings. The number of rotatable bonds is 6. The molecular weight excluding hydrogens is 459 g/mol. The molecule has 0 aliphatic heterocycles. The van der Waals surface area contributed by atoms with Gasteiger partial charge in [0, 0.05) is 31.7 Å². The first-order chi connectivity index (χ1) is 15.3. The summed E-state index contributed by atoms with van der Waals surface area (Å²) in [6, 6.07) is 11.8. The molecule has 0 unspecified atom stereocenters. The molecule has 0 radical (unpaired) electrons. The number of Topliss-reactive ketones (excluding diaryl/α,β-unsaturated/α-hetero) is 1. The van der Waals surface area contributed by atoms with Crippen molar-refractivity contribution in [1.29, 1.82) is 5.26 Å². The van der Waals surface area contributed by atoms with E-state index in [0.29, 0.717) is 3.97 Å². The maximum absolute atomic E-state index is 13.5. The molecule has 0 amide bonds. The van der Waals surface area contributed by atoms with Gasteiger partial charge in [0.1, 0.15) is 23.1 Å². The largest absolute Gasteiger partial charge is 0.573 e. The van der Waals surface area contributed by atoms with Gasteiger partial charge in [-0.2, -0.15) is 5.26 Å². The Bertz CT molecular complexity index is 1400. The van der Waals surface area contributed by atoms with Gasteiger partial charge in [0.2, 0.25) is 5.78 Å². The van der Waals surface area contributed by atoms with Crippen molar-refractivity contribution >= 4 is 26.7 Å². The minimum absolute atomic E-state index is 0.172. The molecule has 2 aromatic carbocycles. The van der Waals surface area contributed by atoms with Gasteiger partial charge in [-0.1, -0.05) is 17.7 Å². The first kappa shape index (κ1) is 23.9. The summed E-state index contributed by atoms with van der Waals surface area (Å²) in [5.41, 5.74) is -0.175. The summed E-state index contributed by atoms with van der Waals surface area (Å²) in [6.07, 6.45) is -3.77. The van der Waals surface area contributed by atoms with Gasteiger partial charge in [-0.05, 0) is 37.3 Å². The van der Waals surface area contributed by atoms with Crippen LogP contribution < -0.4 is 4.74 Å². The molecule has 11 heteroatoms. The summed E-state index contributed by atoms with van der Waals surface area (Å²) < 4.78 is 69.8. The lowest BCUT2D eigenvalue weighted by molar-refractivity contribution is -0.274. The van der Waals surface area contributed by atoms with Crippen LogP contribution in [0.5, 0.6) is 5.75 Å². The molecule has 0 N–H and O–H groups in total. The van der Waals surface area contributed by atoms with E-state index in [1.165, 1.54) is 35.4 Å². The van der Waals surface area contributed by atoms with Crippen molar-refractivity contribution < 1.29 is 31.1 Å². The van der Waals surface area contributed by atoms with Gasteiger partial charge >= 0.3 is 6.36 Å². The molecule has 0 bridgehead atoms. The maximum atomic E-state index is 13.5. The zero-order chi connectivity index (χ0) is 24.6. The molecule has 0 atom stereocenters. The second-order valence-electron chi connectivity index (χ2n) is 7.33. The summed E-state index contributed by atoms with van der Waals surface area (Å²) in [6.45, 7) is 1.75. The monoisotopic (exact) mass is 477 g/mol. The highest BCUT2D eigenvalue weighted by molar-refractivity contribution is 7.90. The van der Waals surface area contributed by atoms with E-state index < -0.39 is 33.6 Å². The SMILES string of the molecule is Cc1ccc(S(=O)(=O)n2c(C(=O)/C(C#N)=C/N(C)C)cc3ccc(OC(F)(F)F)cc32)cc1. The summed E-state index contributed by atoms with van der Waals surface area (Å²) in [4.78, 5) is 14.4. The smallest absolute Gasteiger partial charge is 0.406 e. The Morgan fingerprint density at radius 1 is 1.12 bits per heavy atom. The van der Waals surface area contributed by atoms with Gasteiger partial charge in [0.05, 0.1) is 10.4 Å². The van der Waals surface area contributed by atoms with Crippen molar-refractivity contribution in [1.82, 2.24) is 8.87 Å². The van der Waals surface area contributed by atoms with E-state index in [0.717, 1.165) is 17.7 Å². The minimum atomic E-state index is -5.00. The first-order valence-corrected chi connectivity index (χ1v) is 10.8. The molecule has 0 aliphatic rings. The van der Waals surface area contributed by atoms with E-state index in [1.807, 2.05) is 0 Å². The van der Waals surface area contributed by atoms with Gasteiger partial charge in [-0.3, -0.25) is 4.79 Å². The van der Waals surface area contributed by atoms with Crippen LogP contribution in [0.4, 0.5) is 13.2 Å². The van der Waals surface area contributed by atoms with Crippen molar-refractivity contribution in [2.24, 2.45) is 0 Å². The van der Waals surface area contributed by atoms with Gasteiger partial charge in [0.15, 0.2) is 0 Å². The van der Waals surface area contributed by atoms with Crippen molar-refractivity contribution in [3.63, 3.8) is 0 Å². The van der Waals surface area contributed by atoms with Crippen LogP contribution in [0.3, 0.4) is 0 Å². The van der Waals surface area contributed by atoms with Crippen molar-refractivity contribution in [2.75, 3.05) is 14.1 Å². The molecule has 0 saturated carbocycles. The number of nitrogens with zero attached hydrogens (tertiary/aromatic N) is 3. The Kier molecular flexibility index (Phi) is 6.24. The third-order valence-electron chi connectivity index (χ3n) is 4.51. The maximum Gasteiger partial charge on any atom is 0.573 e. The second kappa shape index (κ2) is 8.63. The first-order valence-electron chi connectivity index (χ1n) is 9.40. The lowest BCUT2D eigenvalue weighted by Gasteiger charge is -2.13. The number of carbonyl (C=O) groups is 1. The Morgan fingerprint density at radius 2 is 1.76 bits per heavy atom. The molecule has 172 valence electrons. The van der Waals surface area contributed by atoms with Gasteiger partial charge < -0.3 is 9.64 Å². The number of fused-ring (bicyclic) bond motifs is 1. The average Bonchev–Trinajstić information content (AvgIpc) is 3.10. The van der Waals surface area contributed by atoms with Crippen LogP contribution >= 0.6 is 0 Å². The number of allylic oxidation sites excluding steroid dienone is 1. The number of ketones is 1. The van der Waals surface area contributed by atoms with Gasteiger partial charge in [-0.15, -0.1) is 13.2 Å². The molecule has 1 aromatic heterocycles. The third-order valence-corrected chi connectivity index (χ3v) is 6.25.